The van der Waals surface area contributed by atoms with E-state index < -0.39 is 0 Å². The number of rotatable bonds is 4. The Labute approximate surface area is 130 Å². The minimum Gasteiger partial charge on any atom is -0.486 e. The zero-order valence-corrected chi connectivity index (χ0v) is 13.0. The Bertz CT molecular complexity index is 514. The number of nitrogens with zero attached hydrogens (tertiary/aromatic N) is 2. The van der Waals surface area contributed by atoms with E-state index in [1.807, 2.05) is 19.9 Å². The van der Waals surface area contributed by atoms with Crippen LogP contribution in [0, 0.1) is 11.3 Å². The van der Waals surface area contributed by atoms with E-state index in [9.17, 15) is 4.79 Å². The van der Waals surface area contributed by atoms with Crippen LogP contribution in [0.1, 0.15) is 20.3 Å². The van der Waals surface area contributed by atoms with Crippen LogP contribution < -0.4 is 14.4 Å². The molecule has 5 nitrogen and oxygen atoms in total. The van der Waals surface area contributed by atoms with Crippen molar-refractivity contribution in [1.29, 1.82) is 5.26 Å². The summed E-state index contributed by atoms with van der Waals surface area (Å²) in [5.41, 5.74) is 0.658. The molecule has 0 bridgehead atoms. The highest BCUT2D eigenvalue weighted by atomic mass is 35.5. The molecule has 0 unspecified atom stereocenters. The standard InChI is InChI=1S/C13H13ClN2O3.C2H6/c14-9-13(17)16(5-1-4-15)10-2-3-11-12(8-10)19-7-6-18-11;1-2/h2-3,8H,1,5-7,9H2;1-2H3. The van der Waals surface area contributed by atoms with E-state index in [-0.39, 0.29) is 18.2 Å². The SMILES string of the molecule is CC.N#CCCN(C(=O)CCl)c1ccc2c(c1)OCCO2. The maximum absolute atomic E-state index is 11.8. The molecule has 1 aromatic carbocycles. The van der Waals surface area contributed by atoms with Gasteiger partial charge in [0.15, 0.2) is 11.5 Å². The maximum atomic E-state index is 11.8. The third-order valence-corrected chi connectivity index (χ3v) is 2.93. The van der Waals surface area contributed by atoms with Crippen LogP contribution in [0.2, 0.25) is 0 Å². The van der Waals surface area contributed by atoms with Crippen molar-refractivity contribution in [3.8, 4) is 17.6 Å². The van der Waals surface area contributed by atoms with Gasteiger partial charge in [-0.1, -0.05) is 13.8 Å². The summed E-state index contributed by atoms with van der Waals surface area (Å²) in [5.74, 6) is 0.898. The van der Waals surface area contributed by atoms with Crippen LogP contribution >= 0.6 is 11.6 Å². The number of hydrogen-bond donors (Lipinski definition) is 0. The highest BCUT2D eigenvalue weighted by molar-refractivity contribution is 6.29. The number of anilines is 1. The fourth-order valence-corrected chi connectivity index (χ4v) is 1.98. The highest BCUT2D eigenvalue weighted by Crippen LogP contribution is 2.34. The first kappa shape index (κ1) is 17.1. The van der Waals surface area contributed by atoms with Gasteiger partial charge in [-0.05, 0) is 12.1 Å². The van der Waals surface area contributed by atoms with Crippen LogP contribution in [-0.4, -0.2) is 31.5 Å². The van der Waals surface area contributed by atoms with E-state index in [1.165, 1.54) is 4.90 Å². The van der Waals surface area contributed by atoms with Gasteiger partial charge in [-0.3, -0.25) is 4.79 Å². The van der Waals surface area contributed by atoms with E-state index in [0.717, 1.165) is 0 Å². The van der Waals surface area contributed by atoms with E-state index >= 15 is 0 Å². The topological polar surface area (TPSA) is 62.6 Å². The number of carbonyl (C=O) groups is 1. The van der Waals surface area contributed by atoms with Crippen LogP contribution in [0.15, 0.2) is 18.2 Å². The molecule has 0 atom stereocenters. The molecule has 0 aliphatic carbocycles. The third kappa shape index (κ3) is 4.54. The summed E-state index contributed by atoms with van der Waals surface area (Å²) in [6.45, 7) is 5.31. The lowest BCUT2D eigenvalue weighted by Crippen LogP contribution is -2.32. The summed E-state index contributed by atoms with van der Waals surface area (Å²) >= 11 is 5.59. The van der Waals surface area contributed by atoms with Gasteiger partial charge in [-0.15, -0.1) is 11.6 Å². The van der Waals surface area contributed by atoms with Gasteiger partial charge < -0.3 is 14.4 Å². The molecule has 0 N–H and O–H groups in total. The van der Waals surface area contributed by atoms with Gasteiger partial charge in [0.25, 0.3) is 0 Å². The quantitative estimate of drug-likeness (QED) is 0.802. The first-order chi connectivity index (χ1) is 10.3. The second-order valence-corrected chi connectivity index (χ2v) is 4.18. The van der Waals surface area contributed by atoms with Gasteiger partial charge in [0.1, 0.15) is 19.1 Å². The summed E-state index contributed by atoms with van der Waals surface area (Å²) in [7, 11) is 0. The highest BCUT2D eigenvalue weighted by Gasteiger charge is 2.18. The second kappa shape index (κ2) is 9.09. The molecule has 6 heteroatoms. The summed E-state index contributed by atoms with van der Waals surface area (Å²) in [4.78, 5) is 13.3. The summed E-state index contributed by atoms with van der Waals surface area (Å²) in [6, 6.07) is 7.26. The fraction of sp³-hybridized carbons (Fsp3) is 0.467. The second-order valence-electron chi connectivity index (χ2n) is 3.92. The van der Waals surface area contributed by atoms with Crippen LogP contribution in [0.3, 0.4) is 0 Å². The molecule has 1 heterocycles. The van der Waals surface area contributed by atoms with Crippen LogP contribution in [0.5, 0.6) is 11.5 Å². The number of nitriles is 1. The van der Waals surface area contributed by atoms with Gasteiger partial charge in [0.2, 0.25) is 5.91 Å². The molecule has 0 radical (unpaired) electrons. The van der Waals surface area contributed by atoms with Gasteiger partial charge in [-0.25, -0.2) is 0 Å². The molecule has 0 spiro atoms. The van der Waals surface area contributed by atoms with Gasteiger partial charge in [0.05, 0.1) is 12.5 Å². The Morgan fingerprint density at radius 2 is 2.00 bits per heavy atom. The van der Waals surface area contributed by atoms with Crippen LogP contribution in [-0.2, 0) is 4.79 Å². The normalized spacial score (nSPS) is 11.7. The number of fused-ring (bicyclic) bond motifs is 1. The van der Waals surface area contributed by atoms with Crippen molar-refractivity contribution < 1.29 is 14.3 Å². The molecule has 114 valence electrons. The summed E-state index contributed by atoms with van der Waals surface area (Å²) in [5, 5.41) is 8.64. The minimum absolute atomic E-state index is 0.125. The predicted octanol–water partition coefficient (Wildman–Crippen LogP) is 2.97. The molecular weight excluding hydrogens is 292 g/mol. The average Bonchev–Trinajstić information content (AvgIpc) is 2.56. The van der Waals surface area contributed by atoms with Crippen molar-refractivity contribution >= 4 is 23.2 Å². The Balaban J connectivity index is 0.00000106. The number of halogens is 1. The number of ether oxygens (including phenoxy) is 2. The lowest BCUT2D eigenvalue weighted by molar-refractivity contribution is -0.116. The number of amides is 1. The van der Waals surface area contributed by atoms with Crippen molar-refractivity contribution in [2.45, 2.75) is 20.3 Å². The molecule has 0 saturated heterocycles. The first-order valence-corrected chi connectivity index (χ1v) is 7.42. The third-order valence-electron chi connectivity index (χ3n) is 2.70. The molecular formula is C15H19ClN2O3. The van der Waals surface area contributed by atoms with E-state index in [1.54, 1.807) is 18.2 Å². The summed E-state index contributed by atoms with van der Waals surface area (Å²) < 4.78 is 10.9. The van der Waals surface area contributed by atoms with Crippen molar-refractivity contribution in [3.05, 3.63) is 18.2 Å². The molecule has 0 fully saturated rings. The molecule has 1 aliphatic heterocycles. The number of carbonyl (C=O) groups excluding carboxylic acids is 1. The smallest absolute Gasteiger partial charge is 0.241 e. The number of alkyl halides is 1. The Kier molecular flexibility index (Phi) is 7.41. The van der Waals surface area contributed by atoms with Crippen molar-refractivity contribution in [2.75, 3.05) is 30.5 Å². The van der Waals surface area contributed by atoms with Gasteiger partial charge in [0, 0.05) is 18.3 Å². The monoisotopic (exact) mass is 310 g/mol. The fourth-order valence-electron chi connectivity index (χ4n) is 1.83. The maximum Gasteiger partial charge on any atom is 0.241 e. The molecule has 0 aromatic heterocycles. The van der Waals surface area contributed by atoms with E-state index in [4.69, 9.17) is 26.3 Å². The van der Waals surface area contributed by atoms with E-state index in [0.29, 0.717) is 36.9 Å². The molecule has 1 amide bonds. The average molecular weight is 311 g/mol. The molecule has 1 aliphatic rings. The van der Waals surface area contributed by atoms with Gasteiger partial charge in [-0.2, -0.15) is 5.26 Å². The van der Waals surface area contributed by atoms with Crippen LogP contribution in [0.4, 0.5) is 5.69 Å². The van der Waals surface area contributed by atoms with Crippen molar-refractivity contribution in [3.63, 3.8) is 0 Å². The molecule has 2 rings (SSSR count). The largest absolute Gasteiger partial charge is 0.486 e. The molecule has 1 aromatic rings. The van der Waals surface area contributed by atoms with E-state index in [2.05, 4.69) is 0 Å². The van der Waals surface area contributed by atoms with Crippen LogP contribution in [0.25, 0.3) is 0 Å². The zero-order chi connectivity index (χ0) is 15.7. The van der Waals surface area contributed by atoms with Crippen molar-refractivity contribution in [1.82, 2.24) is 0 Å². The predicted molar refractivity (Wildman–Crippen MR) is 82.1 cm³/mol. The van der Waals surface area contributed by atoms with Crippen molar-refractivity contribution in [2.24, 2.45) is 0 Å². The summed E-state index contributed by atoms with van der Waals surface area (Å²) in [6.07, 6.45) is 0.247. The Morgan fingerprint density at radius 3 is 2.62 bits per heavy atom. The Hall–Kier alpha value is -1.93. The first-order valence-electron chi connectivity index (χ1n) is 6.89. The van der Waals surface area contributed by atoms with Gasteiger partial charge >= 0.3 is 0 Å². The number of hydrogen-bond acceptors (Lipinski definition) is 4. The lowest BCUT2D eigenvalue weighted by atomic mass is 10.2. The zero-order valence-electron chi connectivity index (χ0n) is 12.3. The molecule has 0 saturated carbocycles. The molecule has 21 heavy (non-hydrogen) atoms. The number of benzene rings is 1. The minimum atomic E-state index is -0.242. The Morgan fingerprint density at radius 1 is 1.33 bits per heavy atom. The lowest BCUT2D eigenvalue weighted by Gasteiger charge is -2.24.